The molecule has 0 atom stereocenters. The van der Waals surface area contributed by atoms with E-state index in [0.717, 1.165) is 33.9 Å². The quantitative estimate of drug-likeness (QED) is 0.420. The van der Waals surface area contributed by atoms with Crippen LogP contribution in [0.15, 0.2) is 58.4 Å². The summed E-state index contributed by atoms with van der Waals surface area (Å²) in [7, 11) is 0. The zero-order valence-electron chi connectivity index (χ0n) is 18.9. The molecule has 6 heteroatoms. The van der Waals surface area contributed by atoms with Gasteiger partial charge in [0.05, 0.1) is 10.6 Å². The smallest absolute Gasteiger partial charge is 0.264 e. The molecule has 0 spiro atoms. The van der Waals surface area contributed by atoms with E-state index >= 15 is 0 Å². The van der Waals surface area contributed by atoms with Crippen LogP contribution in [0.25, 0.3) is 11.8 Å². The monoisotopic (exact) mass is 463 g/mol. The standard InChI is InChI=1S/C26H26ClN3OS/c1-15(2)19-9-11-21(12-10-19)30-16(3)13-20(18(30)5)14-24-25(31)29-26(32-24)28-23-8-6-7-22(27)17(23)4/h6-15H,1-5H3,(H,28,29,31)/b24-14+. The number of amides is 1. The number of hydrogen-bond acceptors (Lipinski definition) is 3. The molecule has 0 bridgehead atoms. The summed E-state index contributed by atoms with van der Waals surface area (Å²) in [6.07, 6.45) is 1.94. The minimum absolute atomic E-state index is 0.139. The van der Waals surface area contributed by atoms with Crippen molar-refractivity contribution < 1.29 is 4.79 Å². The fraction of sp³-hybridized carbons (Fsp3) is 0.231. The number of carbonyl (C=O) groups excluding carboxylic acids is 1. The zero-order chi connectivity index (χ0) is 23.0. The Morgan fingerprint density at radius 2 is 1.81 bits per heavy atom. The second-order valence-electron chi connectivity index (χ2n) is 8.27. The first-order chi connectivity index (χ1) is 15.2. The Morgan fingerprint density at radius 3 is 2.50 bits per heavy atom. The third-order valence-corrected chi connectivity index (χ3v) is 7.01. The Labute approximate surface area is 198 Å². The van der Waals surface area contributed by atoms with Crippen molar-refractivity contribution in [3.63, 3.8) is 0 Å². The van der Waals surface area contributed by atoms with Gasteiger partial charge in [-0.25, -0.2) is 4.99 Å². The molecule has 0 unspecified atom stereocenters. The van der Waals surface area contributed by atoms with Gasteiger partial charge in [0.25, 0.3) is 5.91 Å². The fourth-order valence-corrected chi connectivity index (χ4v) is 4.78. The maximum Gasteiger partial charge on any atom is 0.264 e. The SMILES string of the molecule is Cc1c(Cl)cccc1N=C1NC(=O)/C(=C\c2cc(C)n(-c3ccc(C(C)C)cc3)c2C)S1. The number of hydrogen-bond donors (Lipinski definition) is 1. The summed E-state index contributed by atoms with van der Waals surface area (Å²) in [6.45, 7) is 10.5. The second kappa shape index (κ2) is 9.00. The molecular weight excluding hydrogens is 438 g/mol. The summed E-state index contributed by atoms with van der Waals surface area (Å²) in [5.74, 6) is 0.361. The topological polar surface area (TPSA) is 46.4 Å². The summed E-state index contributed by atoms with van der Waals surface area (Å²) in [6, 6.07) is 16.4. The molecule has 1 N–H and O–H groups in total. The molecule has 2 aromatic carbocycles. The molecule has 2 heterocycles. The number of nitrogens with zero attached hydrogens (tertiary/aromatic N) is 2. The van der Waals surface area contributed by atoms with Crippen LogP contribution >= 0.6 is 23.4 Å². The van der Waals surface area contributed by atoms with Gasteiger partial charge in [0.1, 0.15) is 0 Å². The molecule has 0 saturated carbocycles. The van der Waals surface area contributed by atoms with Crippen molar-refractivity contribution in [1.82, 2.24) is 9.88 Å². The van der Waals surface area contributed by atoms with E-state index in [1.54, 1.807) is 0 Å². The molecule has 1 aromatic heterocycles. The van der Waals surface area contributed by atoms with Gasteiger partial charge in [0.15, 0.2) is 5.17 Å². The van der Waals surface area contributed by atoms with Gasteiger partial charge in [0, 0.05) is 22.1 Å². The fourth-order valence-electron chi connectivity index (χ4n) is 3.79. The average molecular weight is 464 g/mol. The van der Waals surface area contributed by atoms with Crippen LogP contribution in [-0.2, 0) is 4.79 Å². The third kappa shape index (κ3) is 4.41. The normalized spacial score (nSPS) is 16.4. The van der Waals surface area contributed by atoms with E-state index in [1.807, 2.05) is 31.2 Å². The van der Waals surface area contributed by atoms with Gasteiger partial charge in [-0.15, -0.1) is 0 Å². The van der Waals surface area contributed by atoms with Crippen molar-refractivity contribution >= 4 is 46.2 Å². The van der Waals surface area contributed by atoms with Crippen LogP contribution in [-0.4, -0.2) is 15.6 Å². The predicted octanol–water partition coefficient (Wildman–Crippen LogP) is 7.07. The molecule has 1 aliphatic rings. The molecule has 1 fully saturated rings. The molecule has 0 aliphatic carbocycles. The highest BCUT2D eigenvalue weighted by Gasteiger charge is 2.25. The average Bonchev–Trinajstić information content (AvgIpc) is 3.23. The molecular formula is C26H26ClN3OS. The van der Waals surface area contributed by atoms with Gasteiger partial charge in [0.2, 0.25) is 0 Å². The number of carbonyl (C=O) groups is 1. The molecule has 0 radical (unpaired) electrons. The minimum atomic E-state index is -0.139. The second-order valence-corrected chi connectivity index (χ2v) is 9.71. The van der Waals surface area contributed by atoms with Crippen molar-refractivity contribution in [2.24, 2.45) is 4.99 Å². The van der Waals surface area contributed by atoms with Crippen molar-refractivity contribution in [3.8, 4) is 5.69 Å². The molecule has 164 valence electrons. The Bertz CT molecular complexity index is 1250. The molecule has 3 aromatic rings. The molecule has 4 nitrogen and oxygen atoms in total. The first-order valence-corrected chi connectivity index (χ1v) is 11.8. The number of aryl methyl sites for hydroxylation is 1. The highest BCUT2D eigenvalue weighted by Crippen LogP contribution is 2.32. The third-order valence-electron chi connectivity index (χ3n) is 5.69. The first kappa shape index (κ1) is 22.4. The molecule has 4 rings (SSSR count). The van der Waals surface area contributed by atoms with Gasteiger partial charge < -0.3 is 9.88 Å². The first-order valence-electron chi connectivity index (χ1n) is 10.6. The summed E-state index contributed by atoms with van der Waals surface area (Å²) < 4.78 is 2.22. The highest BCUT2D eigenvalue weighted by molar-refractivity contribution is 8.18. The van der Waals surface area contributed by atoms with Crippen LogP contribution in [0.2, 0.25) is 5.02 Å². The minimum Gasteiger partial charge on any atom is -0.318 e. The van der Waals surface area contributed by atoms with Crippen LogP contribution < -0.4 is 5.32 Å². The van der Waals surface area contributed by atoms with E-state index in [0.29, 0.717) is 21.0 Å². The maximum atomic E-state index is 12.6. The highest BCUT2D eigenvalue weighted by atomic mass is 35.5. The van der Waals surface area contributed by atoms with E-state index in [4.69, 9.17) is 11.6 Å². The van der Waals surface area contributed by atoms with Crippen molar-refractivity contribution in [2.75, 3.05) is 0 Å². The van der Waals surface area contributed by atoms with Crippen LogP contribution in [0.5, 0.6) is 0 Å². The Morgan fingerprint density at radius 1 is 1.09 bits per heavy atom. The van der Waals surface area contributed by atoms with Gasteiger partial charge in [-0.1, -0.05) is 43.6 Å². The van der Waals surface area contributed by atoms with Crippen LogP contribution in [0, 0.1) is 20.8 Å². The Hall–Kier alpha value is -2.76. The van der Waals surface area contributed by atoms with Gasteiger partial charge in [-0.2, -0.15) is 0 Å². The van der Waals surface area contributed by atoms with Crippen molar-refractivity contribution in [1.29, 1.82) is 0 Å². The summed E-state index contributed by atoms with van der Waals surface area (Å²) in [5, 5.41) is 4.08. The van der Waals surface area contributed by atoms with Crippen molar-refractivity contribution in [2.45, 2.75) is 40.5 Å². The van der Waals surface area contributed by atoms with Crippen molar-refractivity contribution in [3.05, 3.63) is 86.5 Å². The number of halogens is 1. The van der Waals surface area contributed by atoms with Crippen LogP contribution in [0.1, 0.15) is 47.8 Å². The number of aliphatic imine (C=N–C) groups is 1. The Balaban J connectivity index is 1.63. The van der Waals surface area contributed by atoms with Crippen LogP contribution in [0.3, 0.4) is 0 Å². The van der Waals surface area contributed by atoms with E-state index in [1.165, 1.54) is 17.3 Å². The lowest BCUT2D eigenvalue weighted by atomic mass is 10.0. The van der Waals surface area contributed by atoms with Gasteiger partial charge in [-0.3, -0.25) is 4.79 Å². The number of rotatable bonds is 4. The van der Waals surface area contributed by atoms with E-state index in [2.05, 4.69) is 72.9 Å². The lowest BCUT2D eigenvalue weighted by molar-refractivity contribution is -0.115. The van der Waals surface area contributed by atoms with E-state index in [9.17, 15) is 4.79 Å². The largest absolute Gasteiger partial charge is 0.318 e. The maximum absolute atomic E-state index is 12.6. The van der Waals surface area contributed by atoms with Gasteiger partial charge in [-0.05, 0) is 91.5 Å². The summed E-state index contributed by atoms with van der Waals surface area (Å²) in [5.41, 5.74) is 7.32. The number of nitrogens with one attached hydrogen (secondary N) is 1. The molecule has 32 heavy (non-hydrogen) atoms. The lowest BCUT2D eigenvalue weighted by Crippen LogP contribution is -2.19. The Kier molecular flexibility index (Phi) is 6.31. The summed E-state index contributed by atoms with van der Waals surface area (Å²) >= 11 is 7.54. The number of benzene rings is 2. The molecule has 1 aliphatic heterocycles. The van der Waals surface area contributed by atoms with Crippen LogP contribution in [0.4, 0.5) is 5.69 Å². The zero-order valence-corrected chi connectivity index (χ0v) is 20.4. The predicted molar refractivity (Wildman–Crippen MR) is 136 cm³/mol. The van der Waals surface area contributed by atoms with E-state index < -0.39 is 0 Å². The molecule has 1 amide bonds. The van der Waals surface area contributed by atoms with Gasteiger partial charge >= 0.3 is 0 Å². The summed E-state index contributed by atoms with van der Waals surface area (Å²) in [4.78, 5) is 17.8. The number of amidine groups is 1. The molecule has 1 saturated heterocycles. The lowest BCUT2D eigenvalue weighted by Gasteiger charge is -2.12. The number of thioether (sulfide) groups is 1. The number of aromatic nitrogens is 1. The van der Waals surface area contributed by atoms with E-state index in [-0.39, 0.29) is 5.91 Å².